The van der Waals surface area contributed by atoms with Crippen LogP contribution in [0.15, 0.2) is 35.1 Å². The number of aromatic nitrogens is 1. The molecule has 1 aromatic heterocycles. The molecule has 1 unspecified atom stereocenters. The third-order valence-electron chi connectivity index (χ3n) is 6.16. The Hall–Kier alpha value is -2.84. The van der Waals surface area contributed by atoms with Crippen molar-refractivity contribution in [3.05, 3.63) is 68.9 Å². The summed E-state index contributed by atoms with van der Waals surface area (Å²) in [5.74, 6) is -0.932. The second-order valence-corrected chi connectivity index (χ2v) is 9.27. The molecule has 7 nitrogen and oxygen atoms in total. The molecule has 1 atom stereocenters. The number of morpholine rings is 1. The summed E-state index contributed by atoms with van der Waals surface area (Å²) in [7, 11) is 0. The molecule has 0 bridgehead atoms. The number of ketones is 1. The number of halogens is 1. The van der Waals surface area contributed by atoms with Gasteiger partial charge in [0.2, 0.25) is 0 Å². The summed E-state index contributed by atoms with van der Waals surface area (Å²) in [5, 5.41) is 2.84. The molecule has 1 aliphatic heterocycles. The van der Waals surface area contributed by atoms with E-state index in [4.69, 9.17) is 4.74 Å². The summed E-state index contributed by atoms with van der Waals surface area (Å²) in [6.45, 7) is 6.72. The fraction of sp³-hybridized carbons (Fsp3) is 0.458. The number of aromatic amines is 1. The molecule has 1 amide bonds. The quantitative estimate of drug-likeness (QED) is 0.744. The largest absolute Gasteiger partial charge is 0.379 e. The Balaban J connectivity index is 1.54. The normalized spacial score (nSPS) is 19.3. The molecular formula is C24H28FN3O4. The number of H-pyrrole nitrogens is 1. The first-order chi connectivity index (χ1) is 15.2. The Morgan fingerprint density at radius 2 is 1.88 bits per heavy atom. The number of amides is 1. The van der Waals surface area contributed by atoms with Gasteiger partial charge in [0.1, 0.15) is 11.4 Å². The zero-order chi connectivity index (χ0) is 22.9. The maximum absolute atomic E-state index is 13.4. The highest BCUT2D eigenvalue weighted by molar-refractivity contribution is 6.02. The second kappa shape index (κ2) is 8.96. The number of ether oxygens (including phenoxy) is 1. The number of benzene rings is 1. The highest BCUT2D eigenvalue weighted by Crippen LogP contribution is 2.33. The summed E-state index contributed by atoms with van der Waals surface area (Å²) < 4.78 is 18.8. The van der Waals surface area contributed by atoms with E-state index in [0.717, 1.165) is 5.56 Å². The van der Waals surface area contributed by atoms with E-state index in [-0.39, 0.29) is 35.2 Å². The predicted octanol–water partition coefficient (Wildman–Crippen LogP) is 2.47. The number of pyridine rings is 1. The SMILES string of the molecule is CC1(C)CC(=O)c2cc(C(=O)NCC(c3ccc(F)cc3)N3CCOCC3)c(=O)[nH]c2C1. The van der Waals surface area contributed by atoms with Crippen molar-refractivity contribution < 1.29 is 18.7 Å². The van der Waals surface area contributed by atoms with Crippen LogP contribution in [0.1, 0.15) is 58.3 Å². The minimum absolute atomic E-state index is 0.0703. The maximum atomic E-state index is 13.4. The fourth-order valence-electron chi connectivity index (χ4n) is 4.51. The van der Waals surface area contributed by atoms with E-state index < -0.39 is 11.5 Å². The highest BCUT2D eigenvalue weighted by Gasteiger charge is 2.33. The van der Waals surface area contributed by atoms with Gasteiger partial charge in [0.25, 0.3) is 11.5 Å². The first-order valence-corrected chi connectivity index (χ1v) is 10.9. The second-order valence-electron chi connectivity index (χ2n) is 9.27. The lowest BCUT2D eigenvalue weighted by atomic mass is 9.75. The summed E-state index contributed by atoms with van der Waals surface area (Å²) >= 11 is 0. The van der Waals surface area contributed by atoms with Crippen molar-refractivity contribution in [2.24, 2.45) is 5.41 Å². The van der Waals surface area contributed by atoms with Gasteiger partial charge >= 0.3 is 0 Å². The molecule has 1 aliphatic carbocycles. The van der Waals surface area contributed by atoms with Crippen molar-refractivity contribution in [3.8, 4) is 0 Å². The summed E-state index contributed by atoms with van der Waals surface area (Å²) in [5.41, 5.74) is 1.07. The number of hydrogen-bond acceptors (Lipinski definition) is 5. The molecule has 0 radical (unpaired) electrons. The Morgan fingerprint density at radius 1 is 1.19 bits per heavy atom. The molecule has 1 saturated heterocycles. The summed E-state index contributed by atoms with van der Waals surface area (Å²) in [6, 6.07) is 7.42. The van der Waals surface area contributed by atoms with Gasteiger partial charge in [0.15, 0.2) is 5.78 Å². The van der Waals surface area contributed by atoms with E-state index in [1.165, 1.54) is 18.2 Å². The van der Waals surface area contributed by atoms with Gasteiger partial charge in [-0.15, -0.1) is 0 Å². The monoisotopic (exact) mass is 441 g/mol. The highest BCUT2D eigenvalue weighted by atomic mass is 19.1. The van der Waals surface area contributed by atoms with Gasteiger partial charge in [0, 0.05) is 37.3 Å². The van der Waals surface area contributed by atoms with E-state index in [1.54, 1.807) is 12.1 Å². The van der Waals surface area contributed by atoms with Crippen molar-refractivity contribution in [3.63, 3.8) is 0 Å². The lowest BCUT2D eigenvalue weighted by Gasteiger charge is -2.35. The Bertz CT molecular complexity index is 1070. The van der Waals surface area contributed by atoms with Gasteiger partial charge in [-0.25, -0.2) is 4.39 Å². The average molecular weight is 442 g/mol. The zero-order valence-electron chi connectivity index (χ0n) is 18.4. The molecule has 1 aromatic carbocycles. The van der Waals surface area contributed by atoms with E-state index in [1.807, 2.05) is 13.8 Å². The molecule has 2 heterocycles. The molecular weight excluding hydrogens is 413 g/mol. The van der Waals surface area contributed by atoms with Crippen molar-refractivity contribution in [2.45, 2.75) is 32.7 Å². The van der Waals surface area contributed by atoms with Crippen LogP contribution in [0.4, 0.5) is 4.39 Å². The van der Waals surface area contributed by atoms with Crippen LogP contribution in [0.3, 0.4) is 0 Å². The topological polar surface area (TPSA) is 91.5 Å². The predicted molar refractivity (Wildman–Crippen MR) is 117 cm³/mol. The Kier molecular flexibility index (Phi) is 6.26. The van der Waals surface area contributed by atoms with Gasteiger partial charge in [-0.2, -0.15) is 0 Å². The zero-order valence-corrected chi connectivity index (χ0v) is 18.4. The van der Waals surface area contributed by atoms with Gasteiger partial charge in [-0.3, -0.25) is 19.3 Å². The molecule has 4 rings (SSSR count). The lowest BCUT2D eigenvalue weighted by Crippen LogP contribution is -2.44. The van der Waals surface area contributed by atoms with E-state index in [0.29, 0.717) is 50.4 Å². The minimum atomic E-state index is -0.535. The van der Waals surface area contributed by atoms with Crippen LogP contribution in [-0.4, -0.2) is 54.4 Å². The smallest absolute Gasteiger partial charge is 0.261 e. The molecule has 2 aromatic rings. The fourth-order valence-corrected chi connectivity index (χ4v) is 4.51. The van der Waals surface area contributed by atoms with Gasteiger partial charge in [-0.05, 0) is 35.6 Å². The van der Waals surface area contributed by atoms with E-state index in [2.05, 4.69) is 15.2 Å². The van der Waals surface area contributed by atoms with Crippen LogP contribution in [0.2, 0.25) is 0 Å². The number of rotatable bonds is 5. The number of nitrogens with one attached hydrogen (secondary N) is 2. The number of carbonyl (C=O) groups is 2. The van der Waals surface area contributed by atoms with Gasteiger partial charge < -0.3 is 15.0 Å². The first-order valence-electron chi connectivity index (χ1n) is 10.9. The molecule has 32 heavy (non-hydrogen) atoms. The maximum Gasteiger partial charge on any atom is 0.261 e. The van der Waals surface area contributed by atoms with Crippen molar-refractivity contribution in [1.82, 2.24) is 15.2 Å². The van der Waals surface area contributed by atoms with Crippen molar-refractivity contribution in [2.75, 3.05) is 32.8 Å². The van der Waals surface area contributed by atoms with Crippen molar-refractivity contribution in [1.29, 1.82) is 0 Å². The summed E-state index contributed by atoms with van der Waals surface area (Å²) in [4.78, 5) is 43.0. The van der Waals surface area contributed by atoms with Crippen molar-refractivity contribution >= 4 is 11.7 Å². The average Bonchev–Trinajstić information content (AvgIpc) is 2.74. The Morgan fingerprint density at radius 3 is 2.56 bits per heavy atom. The molecule has 2 aliphatic rings. The van der Waals surface area contributed by atoms with E-state index >= 15 is 0 Å². The van der Waals surface area contributed by atoms with E-state index in [9.17, 15) is 18.8 Å². The molecule has 8 heteroatoms. The summed E-state index contributed by atoms with van der Waals surface area (Å²) in [6.07, 6.45) is 0.950. The van der Waals surface area contributed by atoms with Crippen LogP contribution in [-0.2, 0) is 11.2 Å². The number of fused-ring (bicyclic) bond motifs is 1. The molecule has 170 valence electrons. The van der Waals surface area contributed by atoms with Crippen LogP contribution in [0.5, 0.6) is 0 Å². The van der Waals surface area contributed by atoms with Crippen LogP contribution in [0, 0.1) is 11.2 Å². The van der Waals surface area contributed by atoms with Crippen LogP contribution in [0.25, 0.3) is 0 Å². The molecule has 2 N–H and O–H groups in total. The molecule has 0 saturated carbocycles. The number of nitrogens with zero attached hydrogens (tertiary/aromatic N) is 1. The number of carbonyl (C=O) groups excluding carboxylic acids is 2. The third kappa shape index (κ3) is 4.81. The molecule has 0 spiro atoms. The lowest BCUT2D eigenvalue weighted by molar-refractivity contribution is 0.0162. The standard InChI is InChI=1S/C24H28FN3O4/c1-24(2)12-19-17(21(29)13-24)11-18(23(31)27-19)22(30)26-14-20(28-7-9-32-10-8-28)15-3-5-16(25)6-4-15/h3-6,11,20H,7-10,12-14H2,1-2H3,(H,26,30)(H,27,31). The van der Waals surface area contributed by atoms with Gasteiger partial charge in [0.05, 0.1) is 19.3 Å². The van der Waals surface area contributed by atoms with Crippen LogP contribution >= 0.6 is 0 Å². The van der Waals surface area contributed by atoms with Gasteiger partial charge in [-0.1, -0.05) is 26.0 Å². The minimum Gasteiger partial charge on any atom is -0.379 e. The first kappa shape index (κ1) is 22.4. The number of Topliss-reactive ketones (excluding diaryl/α,β-unsaturated/α-hetero) is 1. The third-order valence-corrected chi connectivity index (χ3v) is 6.16. The Labute approximate surface area is 186 Å². The molecule has 1 fully saturated rings. The number of hydrogen-bond donors (Lipinski definition) is 2. The van der Waals surface area contributed by atoms with Crippen LogP contribution < -0.4 is 10.9 Å².